The summed E-state index contributed by atoms with van der Waals surface area (Å²) in [5.74, 6) is -1.60. The molecule has 0 radical (unpaired) electrons. The number of carboxylic acids is 4. The van der Waals surface area contributed by atoms with Gasteiger partial charge < -0.3 is 30.6 Å². The molecule has 0 aromatic heterocycles. The zero-order chi connectivity index (χ0) is 33.5. The highest BCUT2D eigenvalue weighted by Crippen LogP contribution is 2.24. The van der Waals surface area contributed by atoms with Gasteiger partial charge in [0.1, 0.15) is 0 Å². The van der Waals surface area contributed by atoms with E-state index in [2.05, 4.69) is 27.7 Å². The van der Waals surface area contributed by atoms with Crippen molar-refractivity contribution in [3.8, 4) is 0 Å². The smallest absolute Gasteiger partial charge is 0.332 e. The lowest BCUT2D eigenvalue weighted by atomic mass is 9.85. The van der Waals surface area contributed by atoms with Crippen molar-refractivity contribution >= 4 is 23.9 Å². The molecule has 0 amide bonds. The molecule has 0 aliphatic rings. The molecule has 0 bridgehead atoms. The molecular weight excluding hydrogens is 532 g/mol. The Balaban J connectivity index is -0.000000223. The van der Waals surface area contributed by atoms with Crippen molar-refractivity contribution in [2.75, 3.05) is 0 Å². The van der Waals surface area contributed by atoms with Gasteiger partial charge in [-0.05, 0) is 76.0 Å². The predicted octanol–water partition coefficient (Wildman–Crippen LogP) is 6.41. The standard InChI is InChI=1S/C9H18O2.C8H16O2.2C7H14O3/c1-7(2)5-6-9(3,4)8(10)11;1-6(2)4-5-7(3)8(9)10;1-5(2)3-6(8)4-7(9)10;1-5(2)3-4-6(8)7(9)10/h7H,5-6H2,1-4H3,(H,10,11);6-7H,4-5H2,1-3H3,(H,9,10);2*5-6,8H,3-4H2,1-2H3,(H,9,10). The molecule has 0 aromatic carbocycles. The highest BCUT2D eigenvalue weighted by Gasteiger charge is 2.26. The maximum atomic E-state index is 10.6. The predicted molar refractivity (Wildman–Crippen MR) is 162 cm³/mol. The van der Waals surface area contributed by atoms with Gasteiger partial charge >= 0.3 is 23.9 Å². The number of hydrogen-bond acceptors (Lipinski definition) is 6. The van der Waals surface area contributed by atoms with Gasteiger partial charge in [0.15, 0.2) is 6.10 Å². The fourth-order valence-electron chi connectivity index (χ4n) is 2.91. The minimum Gasteiger partial charge on any atom is -0.481 e. The molecule has 41 heavy (non-hydrogen) atoms. The van der Waals surface area contributed by atoms with E-state index in [9.17, 15) is 19.2 Å². The molecule has 0 heterocycles. The third-order valence-electron chi connectivity index (χ3n) is 5.98. The number of carbonyl (C=O) groups is 4. The van der Waals surface area contributed by atoms with E-state index in [-0.39, 0.29) is 12.3 Å². The van der Waals surface area contributed by atoms with Gasteiger partial charge in [-0.1, -0.05) is 68.7 Å². The molecular formula is C31H62O10. The normalized spacial score (nSPS) is 13.2. The van der Waals surface area contributed by atoms with Crippen molar-refractivity contribution in [2.24, 2.45) is 35.0 Å². The van der Waals surface area contributed by atoms with Crippen molar-refractivity contribution in [3.05, 3.63) is 0 Å². The van der Waals surface area contributed by atoms with Crippen molar-refractivity contribution in [1.82, 2.24) is 0 Å². The van der Waals surface area contributed by atoms with Crippen LogP contribution in [0.1, 0.15) is 128 Å². The number of aliphatic hydroxyl groups excluding tert-OH is 2. The van der Waals surface area contributed by atoms with Crippen LogP contribution in [0.15, 0.2) is 0 Å². The molecule has 246 valence electrons. The van der Waals surface area contributed by atoms with Crippen molar-refractivity contribution < 1.29 is 49.8 Å². The molecule has 3 atom stereocenters. The van der Waals surface area contributed by atoms with Gasteiger partial charge in [0, 0.05) is 0 Å². The zero-order valence-electron chi connectivity index (χ0n) is 27.5. The Labute approximate surface area is 248 Å². The first-order valence-corrected chi connectivity index (χ1v) is 14.7. The second-order valence-electron chi connectivity index (χ2n) is 13.0. The molecule has 0 spiro atoms. The molecule has 0 aliphatic carbocycles. The molecule has 0 aromatic rings. The summed E-state index contributed by atoms with van der Waals surface area (Å²) in [6.07, 6.45) is 3.23. The average molecular weight is 595 g/mol. The van der Waals surface area contributed by atoms with Gasteiger partial charge in [-0.25, -0.2) is 4.79 Å². The van der Waals surface area contributed by atoms with Crippen LogP contribution in [0.2, 0.25) is 0 Å². The van der Waals surface area contributed by atoms with E-state index < -0.39 is 41.5 Å². The Morgan fingerprint density at radius 3 is 1.29 bits per heavy atom. The first kappa shape index (κ1) is 45.8. The molecule has 0 fully saturated rings. The minimum atomic E-state index is -1.18. The molecule has 6 N–H and O–H groups in total. The van der Waals surface area contributed by atoms with Gasteiger partial charge in [-0.15, -0.1) is 0 Å². The maximum Gasteiger partial charge on any atom is 0.332 e. The minimum absolute atomic E-state index is 0.141. The summed E-state index contributed by atoms with van der Waals surface area (Å²) < 4.78 is 0. The van der Waals surface area contributed by atoms with Crippen LogP contribution in [0.25, 0.3) is 0 Å². The first-order valence-electron chi connectivity index (χ1n) is 14.7. The molecule has 0 saturated carbocycles. The molecule has 10 nitrogen and oxygen atoms in total. The lowest BCUT2D eigenvalue weighted by molar-refractivity contribution is -0.148. The Morgan fingerprint density at radius 2 is 1.00 bits per heavy atom. The molecule has 0 saturated heterocycles. The first-order chi connectivity index (χ1) is 18.5. The van der Waals surface area contributed by atoms with Gasteiger partial charge in [-0.2, -0.15) is 0 Å². The van der Waals surface area contributed by atoms with Gasteiger partial charge in [0.05, 0.1) is 23.9 Å². The summed E-state index contributed by atoms with van der Waals surface area (Å²) in [4.78, 5) is 41.0. The summed E-state index contributed by atoms with van der Waals surface area (Å²) in [5, 5.41) is 51.5. The molecule has 0 rings (SSSR count). The molecule has 0 aliphatic heterocycles. The highest BCUT2D eigenvalue weighted by molar-refractivity contribution is 5.73. The summed E-state index contributed by atoms with van der Waals surface area (Å²) >= 11 is 0. The van der Waals surface area contributed by atoms with Crippen molar-refractivity contribution in [1.29, 1.82) is 0 Å². The van der Waals surface area contributed by atoms with Crippen LogP contribution in [-0.4, -0.2) is 66.7 Å². The van der Waals surface area contributed by atoms with Crippen LogP contribution < -0.4 is 0 Å². The second kappa shape index (κ2) is 25.5. The van der Waals surface area contributed by atoms with E-state index in [1.165, 1.54) is 0 Å². The number of hydrogen-bond donors (Lipinski definition) is 6. The van der Waals surface area contributed by atoms with Crippen molar-refractivity contribution in [3.63, 3.8) is 0 Å². The quantitative estimate of drug-likeness (QED) is 0.116. The summed E-state index contributed by atoms with van der Waals surface area (Å²) in [6, 6.07) is 0. The summed E-state index contributed by atoms with van der Waals surface area (Å²) in [6.45, 7) is 21.6. The van der Waals surface area contributed by atoms with Gasteiger partial charge in [-0.3, -0.25) is 14.4 Å². The third-order valence-corrected chi connectivity index (χ3v) is 5.98. The second-order valence-corrected chi connectivity index (χ2v) is 13.0. The van der Waals surface area contributed by atoms with Crippen LogP contribution in [-0.2, 0) is 19.2 Å². The Morgan fingerprint density at radius 1 is 0.585 bits per heavy atom. The topological polar surface area (TPSA) is 190 Å². The van der Waals surface area contributed by atoms with E-state index in [0.717, 1.165) is 32.1 Å². The van der Waals surface area contributed by atoms with E-state index in [1.54, 1.807) is 20.8 Å². The van der Waals surface area contributed by atoms with E-state index >= 15 is 0 Å². The lowest BCUT2D eigenvalue weighted by Crippen LogP contribution is -2.23. The number of aliphatic carboxylic acids is 4. The van der Waals surface area contributed by atoms with Crippen LogP contribution >= 0.6 is 0 Å². The lowest BCUT2D eigenvalue weighted by Gasteiger charge is -2.19. The average Bonchev–Trinajstić information content (AvgIpc) is 2.79. The fourth-order valence-corrected chi connectivity index (χ4v) is 2.91. The highest BCUT2D eigenvalue weighted by atomic mass is 16.4. The Bertz CT molecular complexity index is 671. The van der Waals surface area contributed by atoms with Gasteiger partial charge in [0.25, 0.3) is 0 Å². The van der Waals surface area contributed by atoms with E-state index in [4.69, 9.17) is 30.6 Å². The Hall–Kier alpha value is -2.20. The van der Waals surface area contributed by atoms with Crippen LogP contribution in [0.5, 0.6) is 0 Å². The van der Waals surface area contributed by atoms with Crippen molar-refractivity contribution in [2.45, 2.75) is 140 Å². The largest absolute Gasteiger partial charge is 0.481 e. The van der Waals surface area contributed by atoms with Crippen LogP contribution in [0, 0.1) is 35.0 Å². The molecule has 3 unspecified atom stereocenters. The van der Waals surface area contributed by atoms with E-state index in [1.807, 2.05) is 27.7 Å². The number of aliphatic hydroxyl groups is 2. The van der Waals surface area contributed by atoms with Gasteiger partial charge in [0.2, 0.25) is 0 Å². The maximum absolute atomic E-state index is 10.6. The summed E-state index contributed by atoms with van der Waals surface area (Å²) in [7, 11) is 0. The fraction of sp³-hybridized carbons (Fsp3) is 0.871. The van der Waals surface area contributed by atoms with Crippen LogP contribution in [0.3, 0.4) is 0 Å². The SMILES string of the molecule is CC(C)CC(O)CC(=O)O.CC(C)CCC(C)(C)C(=O)O.CC(C)CCC(C)C(=O)O.CC(C)CCC(O)C(=O)O. The van der Waals surface area contributed by atoms with E-state index in [0.29, 0.717) is 36.5 Å². The Kier molecular flexibility index (Phi) is 28.5. The van der Waals surface area contributed by atoms with Crippen LogP contribution in [0.4, 0.5) is 0 Å². The number of carboxylic acid groups (broad SMARTS) is 4. The zero-order valence-corrected chi connectivity index (χ0v) is 27.5. The third kappa shape index (κ3) is 37.8. The summed E-state index contributed by atoms with van der Waals surface area (Å²) in [5.41, 5.74) is -0.551. The monoisotopic (exact) mass is 594 g/mol. The number of rotatable bonds is 16. The molecule has 10 heteroatoms.